The van der Waals surface area contributed by atoms with Gasteiger partial charge in [-0.15, -0.1) is 11.3 Å². The van der Waals surface area contributed by atoms with E-state index in [-0.39, 0.29) is 23.2 Å². The van der Waals surface area contributed by atoms with E-state index in [9.17, 15) is 13.2 Å². The van der Waals surface area contributed by atoms with Gasteiger partial charge >= 0.3 is 0 Å². The molecule has 1 amide bonds. The lowest BCUT2D eigenvalue weighted by molar-refractivity contribution is -0.134. The summed E-state index contributed by atoms with van der Waals surface area (Å²) in [5, 5.41) is 9.85. The van der Waals surface area contributed by atoms with E-state index < -0.39 is 10.0 Å². The number of carbonyl (C=O) groups excluding carboxylic acids is 1. The molecule has 0 radical (unpaired) electrons. The van der Waals surface area contributed by atoms with Crippen LogP contribution in [0.15, 0.2) is 52.7 Å². The van der Waals surface area contributed by atoms with Gasteiger partial charge in [0.2, 0.25) is 5.91 Å². The zero-order valence-corrected chi connectivity index (χ0v) is 21.6. The number of thiophene rings is 1. The second kappa shape index (κ2) is 9.89. The Morgan fingerprint density at radius 2 is 1.71 bits per heavy atom. The SMILES string of the molecule is N=C(c1ccc(CN2CCN(S(=O)(=O)c3cc4ccc(Cl)cc4s3)CC2=O)cc1)N1CCCCC1. The lowest BCUT2D eigenvalue weighted by Gasteiger charge is -2.33. The van der Waals surface area contributed by atoms with Gasteiger partial charge in [-0.1, -0.05) is 41.9 Å². The van der Waals surface area contributed by atoms with Crippen LogP contribution in [-0.4, -0.2) is 67.0 Å². The van der Waals surface area contributed by atoms with Crippen LogP contribution in [0.1, 0.15) is 30.4 Å². The van der Waals surface area contributed by atoms with E-state index in [4.69, 9.17) is 17.0 Å². The molecule has 0 aliphatic carbocycles. The average Bonchev–Trinajstić information content (AvgIpc) is 3.30. The minimum Gasteiger partial charge on any atom is -0.357 e. The third-order valence-corrected chi connectivity index (χ3v) is 10.2. The average molecular weight is 531 g/mol. The highest BCUT2D eigenvalue weighted by atomic mass is 35.5. The molecule has 0 atom stereocenters. The Morgan fingerprint density at radius 3 is 2.43 bits per heavy atom. The summed E-state index contributed by atoms with van der Waals surface area (Å²) in [6.07, 6.45) is 3.48. The Bertz CT molecular complexity index is 1370. The molecule has 0 saturated carbocycles. The summed E-state index contributed by atoms with van der Waals surface area (Å²) in [7, 11) is -3.76. The summed E-state index contributed by atoms with van der Waals surface area (Å²) >= 11 is 7.21. The number of nitrogens with zero attached hydrogens (tertiary/aromatic N) is 3. The molecule has 1 aromatic heterocycles. The molecule has 2 aliphatic rings. The van der Waals surface area contributed by atoms with Gasteiger partial charge in [0.1, 0.15) is 10.0 Å². The zero-order chi connectivity index (χ0) is 24.6. The van der Waals surface area contributed by atoms with Crippen LogP contribution in [0.25, 0.3) is 10.1 Å². The van der Waals surface area contributed by atoms with Gasteiger partial charge in [0.25, 0.3) is 10.0 Å². The number of likely N-dealkylation sites (tertiary alicyclic amines) is 1. The molecule has 0 spiro atoms. The minimum absolute atomic E-state index is 0.172. The van der Waals surface area contributed by atoms with E-state index in [0.29, 0.717) is 23.9 Å². The Morgan fingerprint density at radius 1 is 0.971 bits per heavy atom. The van der Waals surface area contributed by atoms with Crippen LogP contribution in [0, 0.1) is 5.41 Å². The van der Waals surface area contributed by atoms with Crippen molar-refractivity contribution in [1.29, 1.82) is 5.41 Å². The van der Waals surface area contributed by atoms with Crippen LogP contribution < -0.4 is 0 Å². The molecular formula is C25H27ClN4O3S2. The van der Waals surface area contributed by atoms with Gasteiger partial charge in [-0.3, -0.25) is 10.2 Å². The number of benzene rings is 2. The number of hydrogen-bond acceptors (Lipinski definition) is 5. The molecule has 0 unspecified atom stereocenters. The fourth-order valence-electron chi connectivity index (χ4n) is 4.58. The highest BCUT2D eigenvalue weighted by Gasteiger charge is 2.34. The summed E-state index contributed by atoms with van der Waals surface area (Å²) in [6, 6.07) is 14.7. The molecule has 2 aromatic carbocycles. The van der Waals surface area contributed by atoms with Gasteiger partial charge in [-0.2, -0.15) is 4.31 Å². The van der Waals surface area contributed by atoms with E-state index in [2.05, 4.69) is 4.90 Å². The molecule has 2 saturated heterocycles. The maximum Gasteiger partial charge on any atom is 0.253 e. The summed E-state index contributed by atoms with van der Waals surface area (Å²) < 4.78 is 28.7. The van der Waals surface area contributed by atoms with Crippen LogP contribution in [0.4, 0.5) is 0 Å². The number of piperazine rings is 1. The molecule has 3 aromatic rings. The largest absolute Gasteiger partial charge is 0.357 e. The van der Waals surface area contributed by atoms with Gasteiger partial charge in [-0.25, -0.2) is 8.42 Å². The molecular weight excluding hydrogens is 504 g/mol. The fourth-order valence-corrected chi connectivity index (χ4v) is 7.79. The van der Waals surface area contributed by atoms with E-state index in [1.807, 2.05) is 24.3 Å². The molecule has 184 valence electrons. The highest BCUT2D eigenvalue weighted by molar-refractivity contribution is 7.91. The predicted molar refractivity (Wildman–Crippen MR) is 140 cm³/mol. The molecule has 7 nitrogen and oxygen atoms in total. The molecule has 5 rings (SSSR count). The molecule has 1 N–H and O–H groups in total. The first-order valence-electron chi connectivity index (χ1n) is 11.7. The van der Waals surface area contributed by atoms with Crippen molar-refractivity contribution in [1.82, 2.24) is 14.1 Å². The number of amides is 1. The Labute approximate surface area is 214 Å². The van der Waals surface area contributed by atoms with Crippen molar-refractivity contribution in [3.8, 4) is 0 Å². The summed E-state index contributed by atoms with van der Waals surface area (Å²) in [5.74, 6) is 0.337. The minimum atomic E-state index is -3.76. The van der Waals surface area contributed by atoms with Gasteiger partial charge in [-0.05, 0) is 48.4 Å². The fraction of sp³-hybridized carbons (Fsp3) is 0.360. The van der Waals surface area contributed by atoms with Crippen LogP contribution in [-0.2, 0) is 21.4 Å². The second-order valence-electron chi connectivity index (χ2n) is 8.99. The van der Waals surface area contributed by atoms with E-state index in [0.717, 1.165) is 47.1 Å². The normalized spacial score (nSPS) is 17.8. The maximum atomic E-state index is 13.2. The number of piperidine rings is 1. The van der Waals surface area contributed by atoms with Crippen molar-refractivity contribution in [2.75, 3.05) is 32.7 Å². The third kappa shape index (κ3) is 5.09. The third-order valence-electron chi connectivity index (χ3n) is 6.61. The number of nitrogens with one attached hydrogen (secondary N) is 1. The van der Waals surface area contributed by atoms with Crippen molar-refractivity contribution >= 4 is 54.8 Å². The molecule has 0 bridgehead atoms. The van der Waals surface area contributed by atoms with Crippen LogP contribution in [0.5, 0.6) is 0 Å². The van der Waals surface area contributed by atoms with Crippen molar-refractivity contribution in [2.24, 2.45) is 0 Å². The number of rotatable bonds is 5. The van der Waals surface area contributed by atoms with Crippen molar-refractivity contribution in [3.05, 3.63) is 64.7 Å². The zero-order valence-electron chi connectivity index (χ0n) is 19.2. The van der Waals surface area contributed by atoms with Gasteiger partial charge in [0.15, 0.2) is 0 Å². The number of hydrogen-bond donors (Lipinski definition) is 1. The van der Waals surface area contributed by atoms with Crippen molar-refractivity contribution in [2.45, 2.75) is 30.0 Å². The summed E-state index contributed by atoms with van der Waals surface area (Å²) in [4.78, 5) is 16.7. The lowest BCUT2D eigenvalue weighted by atomic mass is 10.1. The molecule has 2 fully saturated rings. The highest BCUT2D eigenvalue weighted by Crippen LogP contribution is 2.33. The number of fused-ring (bicyclic) bond motifs is 1. The van der Waals surface area contributed by atoms with E-state index in [1.165, 1.54) is 22.1 Å². The molecule has 2 aliphatic heterocycles. The predicted octanol–water partition coefficient (Wildman–Crippen LogP) is 4.40. The molecule has 10 heteroatoms. The Balaban J connectivity index is 1.22. The summed E-state index contributed by atoms with van der Waals surface area (Å²) in [6.45, 7) is 2.69. The quantitative estimate of drug-likeness (QED) is 0.391. The first-order chi connectivity index (χ1) is 16.8. The topological polar surface area (TPSA) is 84.8 Å². The number of halogens is 1. The van der Waals surface area contributed by atoms with Crippen LogP contribution in [0.3, 0.4) is 0 Å². The molecule has 3 heterocycles. The first-order valence-corrected chi connectivity index (χ1v) is 14.3. The van der Waals surface area contributed by atoms with Crippen molar-refractivity contribution < 1.29 is 13.2 Å². The second-order valence-corrected chi connectivity index (χ2v) is 12.7. The summed E-state index contributed by atoms with van der Waals surface area (Å²) in [5.41, 5.74) is 1.84. The van der Waals surface area contributed by atoms with Gasteiger partial charge < -0.3 is 9.80 Å². The number of sulfonamides is 1. The van der Waals surface area contributed by atoms with E-state index in [1.54, 1.807) is 29.2 Å². The number of carbonyl (C=O) groups is 1. The van der Waals surface area contributed by atoms with Gasteiger partial charge in [0, 0.05) is 48.0 Å². The van der Waals surface area contributed by atoms with Crippen molar-refractivity contribution in [3.63, 3.8) is 0 Å². The van der Waals surface area contributed by atoms with Gasteiger partial charge in [0.05, 0.1) is 6.54 Å². The van der Waals surface area contributed by atoms with Crippen LogP contribution in [0.2, 0.25) is 5.02 Å². The Kier molecular flexibility index (Phi) is 6.85. The maximum absolute atomic E-state index is 13.2. The Hall–Kier alpha value is -2.46. The smallest absolute Gasteiger partial charge is 0.253 e. The lowest BCUT2D eigenvalue weighted by Crippen LogP contribution is -2.51. The van der Waals surface area contributed by atoms with Crippen LogP contribution >= 0.6 is 22.9 Å². The monoisotopic (exact) mass is 530 g/mol. The first kappa shape index (κ1) is 24.2. The molecule has 35 heavy (non-hydrogen) atoms. The standard InChI is InChI=1S/C25H27ClN4O3S2/c26-21-9-8-20-14-24(34-22(20)15-21)35(32,33)30-13-12-29(23(31)17-30)16-18-4-6-19(7-5-18)25(27)28-10-2-1-3-11-28/h4-9,14-15,27H,1-3,10-13,16-17H2. The number of amidine groups is 1. The van der Waals surface area contributed by atoms with E-state index >= 15 is 0 Å².